The standard InChI is InChI=1S/C25H45N3O2/c1-12-30-19(29)16-27(11)14-17-13-18-20(23(2,3)4)21(24(5,6)7)26-22(25(8,9)10)28(18)15-17/h17,21H,12-16H2,1-11H3/t17-,21+/m0/s1. The molecule has 0 saturated carbocycles. The number of allylic oxidation sites excluding steroid dienone is 1. The Morgan fingerprint density at radius 3 is 2.17 bits per heavy atom. The molecule has 0 unspecified atom stereocenters. The molecular weight excluding hydrogens is 374 g/mol. The zero-order valence-corrected chi connectivity index (χ0v) is 21.3. The van der Waals surface area contributed by atoms with Crippen molar-refractivity contribution in [2.24, 2.45) is 27.2 Å². The number of carbonyl (C=O) groups excluding carboxylic acids is 1. The zero-order valence-electron chi connectivity index (χ0n) is 21.3. The number of hydrogen-bond acceptors (Lipinski definition) is 5. The Bertz CT molecular complexity index is 701. The van der Waals surface area contributed by atoms with Gasteiger partial charge in [-0.15, -0.1) is 0 Å². The topological polar surface area (TPSA) is 45.1 Å². The average molecular weight is 420 g/mol. The summed E-state index contributed by atoms with van der Waals surface area (Å²) in [6, 6.07) is 0.189. The number of nitrogens with zero attached hydrogens (tertiary/aromatic N) is 3. The molecule has 1 fully saturated rings. The van der Waals surface area contributed by atoms with Crippen LogP contribution in [0.3, 0.4) is 0 Å². The first-order valence-electron chi connectivity index (χ1n) is 11.5. The molecule has 0 radical (unpaired) electrons. The van der Waals surface area contributed by atoms with E-state index >= 15 is 0 Å². The zero-order chi connectivity index (χ0) is 23.1. The van der Waals surface area contributed by atoms with Crippen molar-refractivity contribution in [3.8, 4) is 0 Å². The lowest BCUT2D eigenvalue weighted by Crippen LogP contribution is -2.47. The van der Waals surface area contributed by atoms with Crippen LogP contribution in [0, 0.1) is 22.2 Å². The molecule has 2 heterocycles. The van der Waals surface area contributed by atoms with Gasteiger partial charge in [-0.25, -0.2) is 0 Å². The second-order valence-corrected chi connectivity index (χ2v) is 12.3. The van der Waals surface area contributed by atoms with E-state index in [1.807, 2.05) is 14.0 Å². The van der Waals surface area contributed by atoms with Gasteiger partial charge in [-0.05, 0) is 42.7 Å². The van der Waals surface area contributed by atoms with Crippen LogP contribution in [-0.4, -0.2) is 60.9 Å². The molecule has 0 aliphatic carbocycles. The highest BCUT2D eigenvalue weighted by molar-refractivity contribution is 5.90. The summed E-state index contributed by atoms with van der Waals surface area (Å²) < 4.78 is 5.13. The Hall–Kier alpha value is -1.36. The van der Waals surface area contributed by atoms with Gasteiger partial charge in [0.05, 0.1) is 19.2 Å². The Labute approximate surface area is 184 Å². The van der Waals surface area contributed by atoms with Gasteiger partial charge < -0.3 is 9.64 Å². The summed E-state index contributed by atoms with van der Waals surface area (Å²) in [5.74, 6) is 1.54. The predicted molar refractivity (Wildman–Crippen MR) is 126 cm³/mol. The molecule has 1 saturated heterocycles. The smallest absolute Gasteiger partial charge is 0.320 e. The van der Waals surface area contributed by atoms with E-state index in [2.05, 4.69) is 72.1 Å². The Kier molecular flexibility index (Phi) is 7.18. The number of carbonyl (C=O) groups is 1. The summed E-state index contributed by atoms with van der Waals surface area (Å²) in [7, 11) is 2.02. The van der Waals surface area contributed by atoms with E-state index in [9.17, 15) is 4.79 Å². The minimum atomic E-state index is -0.143. The number of ether oxygens (including phenoxy) is 1. The van der Waals surface area contributed by atoms with Crippen LogP contribution in [0.5, 0.6) is 0 Å². The molecule has 172 valence electrons. The summed E-state index contributed by atoms with van der Waals surface area (Å²) >= 11 is 0. The Morgan fingerprint density at radius 1 is 1.10 bits per heavy atom. The van der Waals surface area contributed by atoms with Gasteiger partial charge in [-0.2, -0.15) is 0 Å². The van der Waals surface area contributed by atoms with Crippen molar-refractivity contribution in [2.75, 3.05) is 33.3 Å². The molecule has 0 aromatic rings. The van der Waals surface area contributed by atoms with Gasteiger partial charge in [0.1, 0.15) is 5.84 Å². The van der Waals surface area contributed by atoms with Gasteiger partial charge in [0.15, 0.2) is 0 Å². The van der Waals surface area contributed by atoms with Gasteiger partial charge in [-0.1, -0.05) is 62.3 Å². The van der Waals surface area contributed by atoms with Crippen LogP contribution in [0.4, 0.5) is 0 Å². The second-order valence-electron chi connectivity index (χ2n) is 12.3. The number of rotatable bonds is 5. The maximum Gasteiger partial charge on any atom is 0.320 e. The molecule has 2 atom stereocenters. The fraction of sp³-hybridized carbons (Fsp3) is 0.840. The van der Waals surface area contributed by atoms with Crippen molar-refractivity contribution in [2.45, 2.75) is 81.7 Å². The third-order valence-electron chi connectivity index (χ3n) is 5.91. The fourth-order valence-electron chi connectivity index (χ4n) is 4.82. The van der Waals surface area contributed by atoms with Crippen molar-refractivity contribution in [1.29, 1.82) is 0 Å². The number of amidine groups is 1. The quantitative estimate of drug-likeness (QED) is 0.590. The van der Waals surface area contributed by atoms with E-state index in [4.69, 9.17) is 9.73 Å². The van der Waals surface area contributed by atoms with Crippen LogP contribution in [0.2, 0.25) is 0 Å². The molecule has 0 N–H and O–H groups in total. The molecule has 30 heavy (non-hydrogen) atoms. The number of likely N-dealkylation sites (N-methyl/N-ethyl adjacent to an activating group) is 1. The fourth-order valence-corrected chi connectivity index (χ4v) is 4.82. The highest BCUT2D eigenvalue weighted by atomic mass is 16.5. The minimum absolute atomic E-state index is 0.0100. The van der Waals surface area contributed by atoms with Gasteiger partial charge in [-0.3, -0.25) is 14.7 Å². The van der Waals surface area contributed by atoms with Gasteiger partial charge in [0.2, 0.25) is 0 Å². The largest absolute Gasteiger partial charge is 0.465 e. The summed E-state index contributed by atoms with van der Waals surface area (Å²) in [5.41, 5.74) is 3.07. The van der Waals surface area contributed by atoms with E-state index in [0.29, 0.717) is 19.1 Å². The van der Waals surface area contributed by atoms with Crippen LogP contribution in [-0.2, 0) is 9.53 Å². The lowest BCUT2D eigenvalue weighted by molar-refractivity contribution is -0.144. The normalized spacial score (nSPS) is 23.1. The van der Waals surface area contributed by atoms with Gasteiger partial charge in [0.25, 0.3) is 0 Å². The van der Waals surface area contributed by atoms with Crippen molar-refractivity contribution in [1.82, 2.24) is 9.80 Å². The van der Waals surface area contributed by atoms with Crippen molar-refractivity contribution in [3.63, 3.8) is 0 Å². The van der Waals surface area contributed by atoms with Crippen molar-refractivity contribution in [3.05, 3.63) is 11.3 Å². The van der Waals surface area contributed by atoms with E-state index in [1.165, 1.54) is 17.1 Å². The van der Waals surface area contributed by atoms with Crippen LogP contribution < -0.4 is 0 Å². The second kappa shape index (κ2) is 8.64. The molecule has 5 heteroatoms. The molecule has 0 aromatic carbocycles. The molecule has 2 rings (SSSR count). The lowest BCUT2D eigenvalue weighted by atomic mass is 9.70. The molecule has 2 aliphatic heterocycles. The highest BCUT2D eigenvalue weighted by Gasteiger charge is 2.46. The summed E-state index contributed by atoms with van der Waals surface area (Å²) in [5, 5.41) is 0. The molecule has 0 bridgehead atoms. The van der Waals surface area contributed by atoms with Crippen molar-refractivity contribution >= 4 is 11.8 Å². The molecule has 0 amide bonds. The van der Waals surface area contributed by atoms with E-state index in [1.54, 1.807) is 0 Å². The maximum atomic E-state index is 11.9. The first-order chi connectivity index (χ1) is 13.6. The van der Waals surface area contributed by atoms with E-state index < -0.39 is 0 Å². The monoisotopic (exact) mass is 419 g/mol. The summed E-state index contributed by atoms with van der Waals surface area (Å²) in [6.45, 7) is 25.2. The molecule has 0 aromatic heterocycles. The summed E-state index contributed by atoms with van der Waals surface area (Å²) in [4.78, 5) is 21.9. The highest BCUT2D eigenvalue weighted by Crippen LogP contribution is 2.48. The van der Waals surface area contributed by atoms with E-state index in [-0.39, 0.29) is 28.3 Å². The maximum absolute atomic E-state index is 11.9. The van der Waals surface area contributed by atoms with Crippen molar-refractivity contribution < 1.29 is 9.53 Å². The number of aliphatic imine (C=N–C) groups is 1. The molecule has 0 spiro atoms. The average Bonchev–Trinajstić information content (AvgIpc) is 2.92. The first-order valence-corrected chi connectivity index (χ1v) is 11.5. The Balaban J connectivity index is 2.39. The van der Waals surface area contributed by atoms with Crippen LogP contribution in [0.1, 0.15) is 75.7 Å². The third-order valence-corrected chi connectivity index (χ3v) is 5.91. The van der Waals surface area contributed by atoms with Crippen LogP contribution in [0.25, 0.3) is 0 Å². The number of fused-ring (bicyclic) bond motifs is 1. The third kappa shape index (κ3) is 5.66. The van der Waals surface area contributed by atoms with Crippen LogP contribution >= 0.6 is 0 Å². The van der Waals surface area contributed by atoms with E-state index in [0.717, 1.165) is 19.5 Å². The summed E-state index contributed by atoms with van der Waals surface area (Å²) in [6.07, 6.45) is 1.04. The molecule has 2 aliphatic rings. The van der Waals surface area contributed by atoms with Crippen LogP contribution in [0.15, 0.2) is 16.3 Å². The Morgan fingerprint density at radius 2 is 1.70 bits per heavy atom. The number of esters is 1. The number of hydrogen-bond donors (Lipinski definition) is 0. The first kappa shape index (κ1) is 24.9. The van der Waals surface area contributed by atoms with Gasteiger partial charge in [0, 0.05) is 24.2 Å². The van der Waals surface area contributed by atoms with Gasteiger partial charge >= 0.3 is 5.97 Å². The predicted octanol–water partition coefficient (Wildman–Crippen LogP) is 4.98. The lowest BCUT2D eigenvalue weighted by Gasteiger charge is -2.45. The molecule has 5 nitrogen and oxygen atoms in total. The minimum Gasteiger partial charge on any atom is -0.465 e. The SMILES string of the molecule is CCOC(=O)CN(C)C[C@@H]1CC2=C(C(C)(C)C)[C@H](C(C)(C)C)N=C(C(C)(C)C)N2C1. The molecular formula is C25H45N3O2.